The van der Waals surface area contributed by atoms with Crippen LogP contribution in [0.25, 0.3) is 11.4 Å². The summed E-state index contributed by atoms with van der Waals surface area (Å²) >= 11 is 0. The highest BCUT2D eigenvalue weighted by Crippen LogP contribution is 2.26. The molecule has 0 bridgehead atoms. The summed E-state index contributed by atoms with van der Waals surface area (Å²) < 4.78 is 39.5. The van der Waals surface area contributed by atoms with Crippen molar-refractivity contribution in [2.75, 3.05) is 6.61 Å². The van der Waals surface area contributed by atoms with E-state index in [1.807, 2.05) is 38.1 Å². The van der Waals surface area contributed by atoms with Crippen LogP contribution < -0.4 is 4.74 Å². The highest BCUT2D eigenvalue weighted by molar-refractivity contribution is 5.92. The van der Waals surface area contributed by atoms with Crippen LogP contribution in [-0.4, -0.2) is 28.6 Å². The number of aromatic nitrogens is 2. The van der Waals surface area contributed by atoms with Gasteiger partial charge in [0.25, 0.3) is 0 Å². The minimum Gasteiger partial charge on any atom is -0.491 e. The zero-order chi connectivity index (χ0) is 22.5. The summed E-state index contributed by atoms with van der Waals surface area (Å²) in [5, 5.41) is 0. The van der Waals surface area contributed by atoms with Crippen LogP contribution in [0.2, 0.25) is 0 Å². The number of hydrogen-bond donors (Lipinski definition) is 0. The lowest BCUT2D eigenvalue weighted by molar-refractivity contribution is 0.0523. The Bertz CT molecular complexity index is 1060. The van der Waals surface area contributed by atoms with Gasteiger partial charge in [0.15, 0.2) is 5.82 Å². The molecule has 0 radical (unpaired) electrons. The maximum absolute atomic E-state index is 14.3. The zero-order valence-corrected chi connectivity index (χ0v) is 17.9. The summed E-state index contributed by atoms with van der Waals surface area (Å²) in [7, 11) is 0. The van der Waals surface area contributed by atoms with Gasteiger partial charge in [-0.25, -0.2) is 23.5 Å². The smallest absolute Gasteiger partial charge is 0.341 e. The Kier molecular flexibility index (Phi) is 6.95. The Hall–Kier alpha value is -3.35. The number of carbonyl (C=O) groups is 1. The summed E-state index contributed by atoms with van der Waals surface area (Å²) in [6.45, 7) is 7.35. The molecule has 0 amide bonds. The van der Waals surface area contributed by atoms with Crippen LogP contribution in [0.15, 0.2) is 42.5 Å². The first-order valence-electron chi connectivity index (χ1n) is 10.0. The van der Waals surface area contributed by atoms with E-state index in [0.717, 1.165) is 23.4 Å². The minimum atomic E-state index is -0.774. The number of nitrogens with zero attached hydrogens (tertiary/aromatic N) is 2. The Morgan fingerprint density at radius 2 is 1.68 bits per heavy atom. The molecule has 7 heteroatoms. The van der Waals surface area contributed by atoms with Crippen LogP contribution in [0.3, 0.4) is 0 Å². The average Bonchev–Trinajstić information content (AvgIpc) is 2.69. The number of halogens is 2. The highest BCUT2D eigenvalue weighted by Gasteiger charge is 2.23. The lowest BCUT2D eigenvalue weighted by Crippen LogP contribution is -2.15. The molecule has 0 aliphatic heterocycles. The number of rotatable bonds is 7. The summed E-state index contributed by atoms with van der Waals surface area (Å²) in [4.78, 5) is 21.1. The molecular weight excluding hydrogens is 402 g/mol. The molecule has 2 aromatic carbocycles. The lowest BCUT2D eigenvalue weighted by Gasteiger charge is -2.14. The van der Waals surface area contributed by atoms with Gasteiger partial charge in [-0.2, -0.15) is 0 Å². The fourth-order valence-electron chi connectivity index (χ4n) is 3.20. The van der Waals surface area contributed by atoms with E-state index >= 15 is 0 Å². The normalized spacial score (nSPS) is 10.9. The van der Waals surface area contributed by atoms with Crippen LogP contribution in [0.4, 0.5) is 8.78 Å². The van der Waals surface area contributed by atoms with Crippen LogP contribution in [0, 0.1) is 18.6 Å². The van der Waals surface area contributed by atoms with Crippen molar-refractivity contribution in [1.82, 2.24) is 9.97 Å². The molecule has 31 heavy (non-hydrogen) atoms. The van der Waals surface area contributed by atoms with Crippen molar-refractivity contribution in [3.05, 3.63) is 76.6 Å². The van der Waals surface area contributed by atoms with Gasteiger partial charge >= 0.3 is 5.97 Å². The fraction of sp³-hybridized carbons (Fsp3) is 0.292. The van der Waals surface area contributed by atoms with Gasteiger partial charge < -0.3 is 9.47 Å². The fourth-order valence-corrected chi connectivity index (χ4v) is 3.20. The minimum absolute atomic E-state index is 0.0454. The second-order valence-electron chi connectivity index (χ2n) is 7.26. The van der Waals surface area contributed by atoms with Crippen molar-refractivity contribution >= 4 is 5.97 Å². The van der Waals surface area contributed by atoms with Gasteiger partial charge in [-0.15, -0.1) is 0 Å². The van der Waals surface area contributed by atoms with Crippen molar-refractivity contribution in [2.45, 2.75) is 40.2 Å². The molecule has 0 atom stereocenters. The van der Waals surface area contributed by atoms with Gasteiger partial charge in [-0.05, 0) is 57.5 Å². The van der Waals surface area contributed by atoms with E-state index in [1.165, 1.54) is 6.07 Å². The van der Waals surface area contributed by atoms with E-state index in [4.69, 9.17) is 9.47 Å². The highest BCUT2D eigenvalue weighted by atomic mass is 19.1. The van der Waals surface area contributed by atoms with E-state index in [9.17, 15) is 13.6 Å². The van der Waals surface area contributed by atoms with Crippen LogP contribution in [-0.2, 0) is 11.2 Å². The molecule has 0 aliphatic rings. The van der Waals surface area contributed by atoms with E-state index in [2.05, 4.69) is 9.97 Å². The average molecular weight is 426 g/mol. The van der Waals surface area contributed by atoms with E-state index in [1.54, 1.807) is 13.8 Å². The number of benzene rings is 2. The second-order valence-corrected chi connectivity index (χ2v) is 7.26. The SMILES string of the molecule is CCOC(=O)c1c(C)nc(-c2c(F)cccc2F)nc1Cc1ccc(OC(C)C)cc1. The Balaban J connectivity index is 2.07. The first-order chi connectivity index (χ1) is 14.8. The quantitative estimate of drug-likeness (QED) is 0.481. The maximum atomic E-state index is 14.3. The van der Waals surface area contributed by atoms with Crippen molar-refractivity contribution in [3.8, 4) is 17.1 Å². The van der Waals surface area contributed by atoms with Gasteiger partial charge in [0.05, 0.1) is 29.7 Å². The van der Waals surface area contributed by atoms with Crippen molar-refractivity contribution in [2.24, 2.45) is 0 Å². The molecule has 0 unspecified atom stereocenters. The summed E-state index contributed by atoms with van der Waals surface area (Å²) in [5.41, 5.74) is 1.34. The molecule has 0 N–H and O–H groups in total. The number of esters is 1. The van der Waals surface area contributed by atoms with Crippen molar-refractivity contribution in [3.63, 3.8) is 0 Å². The van der Waals surface area contributed by atoms with E-state index in [0.29, 0.717) is 11.4 Å². The Labute approximate surface area is 180 Å². The third-order valence-corrected chi connectivity index (χ3v) is 4.50. The predicted octanol–water partition coefficient (Wildman–Crippen LogP) is 5.28. The summed E-state index contributed by atoms with van der Waals surface area (Å²) in [6, 6.07) is 10.9. The second kappa shape index (κ2) is 9.64. The molecule has 3 rings (SSSR count). The van der Waals surface area contributed by atoms with Crippen molar-refractivity contribution in [1.29, 1.82) is 0 Å². The monoisotopic (exact) mass is 426 g/mol. The maximum Gasteiger partial charge on any atom is 0.341 e. The largest absolute Gasteiger partial charge is 0.491 e. The van der Waals surface area contributed by atoms with Crippen molar-refractivity contribution < 1.29 is 23.0 Å². The first kappa shape index (κ1) is 22.3. The zero-order valence-electron chi connectivity index (χ0n) is 17.9. The summed E-state index contributed by atoms with van der Waals surface area (Å²) in [5.74, 6) is -1.52. The van der Waals surface area contributed by atoms with Crippen LogP contribution in [0.5, 0.6) is 5.75 Å². The molecule has 3 aromatic rings. The lowest BCUT2D eigenvalue weighted by atomic mass is 10.0. The van der Waals surface area contributed by atoms with E-state index in [-0.39, 0.29) is 36.1 Å². The molecule has 1 heterocycles. The van der Waals surface area contributed by atoms with Gasteiger partial charge in [-0.3, -0.25) is 0 Å². The van der Waals surface area contributed by atoms with Gasteiger partial charge in [0.2, 0.25) is 0 Å². The molecule has 0 fully saturated rings. The molecule has 0 saturated carbocycles. The molecule has 5 nitrogen and oxygen atoms in total. The standard InChI is InChI=1S/C24H24F2N2O3/c1-5-30-24(29)21-15(4)27-23(22-18(25)7-6-8-19(22)26)28-20(21)13-16-9-11-17(12-10-16)31-14(2)3/h6-12,14H,5,13H2,1-4H3. The number of ether oxygens (including phenoxy) is 2. The molecule has 162 valence electrons. The Morgan fingerprint density at radius 3 is 2.26 bits per heavy atom. The van der Waals surface area contributed by atoms with E-state index < -0.39 is 17.6 Å². The van der Waals surface area contributed by atoms with Gasteiger partial charge in [-0.1, -0.05) is 18.2 Å². The third kappa shape index (κ3) is 5.23. The molecule has 0 spiro atoms. The molecule has 0 aliphatic carbocycles. The number of hydrogen-bond acceptors (Lipinski definition) is 5. The molecular formula is C24H24F2N2O3. The predicted molar refractivity (Wildman–Crippen MR) is 113 cm³/mol. The first-order valence-corrected chi connectivity index (χ1v) is 10.0. The number of aryl methyl sites for hydroxylation is 1. The topological polar surface area (TPSA) is 61.3 Å². The molecule has 1 aromatic heterocycles. The van der Waals surface area contributed by atoms with Gasteiger partial charge in [0.1, 0.15) is 22.9 Å². The molecule has 0 saturated heterocycles. The number of carbonyl (C=O) groups excluding carboxylic acids is 1. The summed E-state index contributed by atoms with van der Waals surface area (Å²) in [6.07, 6.45) is 0.298. The van der Waals surface area contributed by atoms with Crippen LogP contribution >= 0.6 is 0 Å². The van der Waals surface area contributed by atoms with Crippen LogP contribution in [0.1, 0.15) is 48.1 Å². The van der Waals surface area contributed by atoms with Gasteiger partial charge in [0, 0.05) is 6.42 Å². The third-order valence-electron chi connectivity index (χ3n) is 4.50. The Morgan fingerprint density at radius 1 is 1.03 bits per heavy atom.